The van der Waals surface area contributed by atoms with E-state index in [1.807, 2.05) is 0 Å². The van der Waals surface area contributed by atoms with Crippen LogP contribution in [0.3, 0.4) is 0 Å². The van der Waals surface area contributed by atoms with Crippen LogP contribution in [0.15, 0.2) is 0 Å². The van der Waals surface area contributed by atoms with E-state index in [1.54, 1.807) is 0 Å². The van der Waals surface area contributed by atoms with Gasteiger partial charge in [-0.1, -0.05) is 41.5 Å². The summed E-state index contributed by atoms with van der Waals surface area (Å²) in [5.74, 6) is -0.147. The average molecular weight is 489 g/mol. The smallest absolute Gasteiger partial charge is 0.337 e. The summed E-state index contributed by atoms with van der Waals surface area (Å²) >= 11 is 0. The predicted octanol–water partition coefficient (Wildman–Crippen LogP) is 6.24. The van der Waals surface area contributed by atoms with Gasteiger partial charge in [-0.25, -0.2) is 0 Å². The molecule has 2 aliphatic carbocycles. The molecule has 0 amide bonds. The number of fused-ring (bicyclic) bond motifs is 1. The molecule has 2 saturated carbocycles. The van der Waals surface area contributed by atoms with E-state index in [4.69, 9.17) is 13.5 Å². The molecule has 0 aromatic heterocycles. The Labute approximate surface area is 196 Å². The minimum absolute atomic E-state index is 0.0983. The van der Waals surface area contributed by atoms with E-state index < -0.39 is 15.9 Å². The van der Waals surface area contributed by atoms with Crippen molar-refractivity contribution < 1.29 is 27.6 Å². The van der Waals surface area contributed by atoms with Crippen LogP contribution in [0.5, 0.6) is 0 Å². The second-order valence-corrected chi connectivity index (χ2v) is 19.2. The van der Waals surface area contributed by atoms with E-state index in [2.05, 4.69) is 54.6 Å². The first-order valence-electron chi connectivity index (χ1n) is 11.9. The Morgan fingerprint density at radius 3 is 2.19 bits per heavy atom. The lowest BCUT2D eigenvalue weighted by atomic mass is 9.47. The van der Waals surface area contributed by atoms with E-state index in [-0.39, 0.29) is 58.0 Å². The molecule has 0 aromatic rings. The molecule has 0 saturated heterocycles. The van der Waals surface area contributed by atoms with Crippen LogP contribution in [-0.4, -0.2) is 46.4 Å². The third-order valence-electron chi connectivity index (χ3n) is 8.93. The Bertz CT molecular complexity index is 763. The molecule has 0 radical (unpaired) electrons. The summed E-state index contributed by atoms with van der Waals surface area (Å²) in [6, 6.07) is 0. The lowest BCUT2D eigenvalue weighted by Gasteiger charge is -2.60. The highest BCUT2D eigenvalue weighted by molar-refractivity contribution is 7.54. The van der Waals surface area contributed by atoms with Crippen LogP contribution in [0.4, 0.5) is 0 Å². The van der Waals surface area contributed by atoms with E-state index in [9.17, 15) is 14.2 Å². The van der Waals surface area contributed by atoms with Crippen LogP contribution >= 0.6 is 7.60 Å². The van der Waals surface area contributed by atoms with Gasteiger partial charge in [-0.2, -0.15) is 0 Å². The third-order valence-corrected chi connectivity index (χ3v) is 15.3. The van der Waals surface area contributed by atoms with E-state index >= 15 is 0 Å². The molecular formula is C24H45O6PSi. The molecule has 0 bridgehead atoms. The lowest BCUT2D eigenvalue weighted by Crippen LogP contribution is -2.59. The Balaban J connectivity index is 2.27. The van der Waals surface area contributed by atoms with Gasteiger partial charge in [0.05, 0.1) is 6.10 Å². The van der Waals surface area contributed by atoms with Crippen molar-refractivity contribution in [3.05, 3.63) is 0 Å². The summed E-state index contributed by atoms with van der Waals surface area (Å²) in [6.45, 7) is 18.1. The Kier molecular flexibility index (Phi) is 8.17. The summed E-state index contributed by atoms with van der Waals surface area (Å²) in [5, 5.41) is 0.137. The molecule has 0 aliphatic heterocycles. The van der Waals surface area contributed by atoms with Gasteiger partial charge in [0.15, 0.2) is 8.32 Å². The Morgan fingerprint density at radius 1 is 1.12 bits per heavy atom. The summed E-state index contributed by atoms with van der Waals surface area (Å²) in [5.41, 5.74) is -0.370. The van der Waals surface area contributed by atoms with Gasteiger partial charge in [0.25, 0.3) is 0 Å². The summed E-state index contributed by atoms with van der Waals surface area (Å²) in [7, 11) is -2.80. The maximum atomic E-state index is 13.0. The number of hydrogen-bond acceptors (Lipinski definition) is 6. The molecule has 0 spiro atoms. The minimum atomic E-state index is -3.43. The van der Waals surface area contributed by atoms with Gasteiger partial charge in [-0.3, -0.25) is 14.2 Å². The number of carbonyl (C=O) groups excluding carboxylic acids is 2. The van der Waals surface area contributed by atoms with Gasteiger partial charge in [0.1, 0.15) is 17.7 Å². The highest BCUT2D eigenvalue weighted by Crippen LogP contribution is 2.61. The van der Waals surface area contributed by atoms with E-state index in [0.29, 0.717) is 6.42 Å². The zero-order chi connectivity index (χ0) is 24.8. The quantitative estimate of drug-likeness (QED) is 0.297. The van der Waals surface area contributed by atoms with Gasteiger partial charge >= 0.3 is 7.60 Å². The van der Waals surface area contributed by atoms with Gasteiger partial charge in [-0.15, -0.1) is 0 Å². The molecule has 2 rings (SSSR count). The highest BCUT2D eigenvalue weighted by atomic mass is 31.2. The van der Waals surface area contributed by atoms with Crippen molar-refractivity contribution in [2.75, 3.05) is 20.4 Å². The zero-order valence-electron chi connectivity index (χ0n) is 21.9. The molecule has 6 nitrogen and oxygen atoms in total. The van der Waals surface area contributed by atoms with Gasteiger partial charge in [0.2, 0.25) is 0 Å². The van der Waals surface area contributed by atoms with Gasteiger partial charge < -0.3 is 13.5 Å². The maximum Gasteiger partial charge on any atom is 0.337 e. The molecular weight excluding hydrogens is 443 g/mol. The molecule has 8 heteroatoms. The summed E-state index contributed by atoms with van der Waals surface area (Å²) in [4.78, 5) is 25.9. The number of rotatable bonds is 8. The van der Waals surface area contributed by atoms with Crippen molar-refractivity contribution in [3.63, 3.8) is 0 Å². The minimum Gasteiger partial charge on any atom is -0.413 e. The van der Waals surface area contributed by atoms with E-state index in [1.165, 1.54) is 14.2 Å². The van der Waals surface area contributed by atoms with Crippen molar-refractivity contribution in [2.45, 2.75) is 97.9 Å². The van der Waals surface area contributed by atoms with Crippen LogP contribution < -0.4 is 0 Å². The SMILES string of the molecule is COP(=O)(CC(=O)C[C@@H]1C(=O)CC[C@H]2C(C)(C)[C@@H](O[Si](C)(C)C(C)(C)C)CC[C@]12C)OC. The molecule has 0 unspecified atom stereocenters. The number of carbonyl (C=O) groups is 2. The molecule has 0 N–H and O–H groups in total. The van der Waals surface area contributed by atoms with Crippen molar-refractivity contribution >= 4 is 27.5 Å². The van der Waals surface area contributed by atoms with Crippen LogP contribution in [-0.2, 0) is 27.6 Å². The van der Waals surface area contributed by atoms with Crippen molar-refractivity contribution in [1.29, 1.82) is 0 Å². The van der Waals surface area contributed by atoms with Crippen molar-refractivity contribution in [1.82, 2.24) is 0 Å². The maximum absolute atomic E-state index is 13.0. The Morgan fingerprint density at radius 2 is 1.69 bits per heavy atom. The monoisotopic (exact) mass is 488 g/mol. The molecule has 2 fully saturated rings. The largest absolute Gasteiger partial charge is 0.413 e. The van der Waals surface area contributed by atoms with Crippen molar-refractivity contribution in [3.8, 4) is 0 Å². The number of hydrogen-bond donors (Lipinski definition) is 0. The fourth-order valence-corrected chi connectivity index (χ4v) is 8.27. The first-order valence-corrected chi connectivity index (χ1v) is 16.5. The average Bonchev–Trinajstić information content (AvgIpc) is 2.66. The lowest BCUT2D eigenvalue weighted by molar-refractivity contribution is -0.158. The summed E-state index contributed by atoms with van der Waals surface area (Å²) < 4.78 is 29.2. The molecule has 2 aliphatic rings. The number of Topliss-reactive ketones (excluding diaryl/α,β-unsaturated/α-hetero) is 2. The molecule has 32 heavy (non-hydrogen) atoms. The first kappa shape index (κ1) is 27.9. The highest BCUT2D eigenvalue weighted by Gasteiger charge is 2.59. The zero-order valence-corrected chi connectivity index (χ0v) is 23.8. The third kappa shape index (κ3) is 5.32. The topological polar surface area (TPSA) is 78.9 Å². The molecule has 186 valence electrons. The predicted molar refractivity (Wildman–Crippen MR) is 131 cm³/mol. The molecule has 4 atom stereocenters. The van der Waals surface area contributed by atoms with Crippen LogP contribution in [0.1, 0.15) is 73.6 Å². The summed E-state index contributed by atoms with van der Waals surface area (Å²) in [6.07, 6.45) is 3.03. The van der Waals surface area contributed by atoms with Gasteiger partial charge in [0, 0.05) is 33.0 Å². The molecule has 0 aromatic carbocycles. The van der Waals surface area contributed by atoms with Gasteiger partial charge in [-0.05, 0) is 54.1 Å². The van der Waals surface area contributed by atoms with Crippen LogP contribution in [0.25, 0.3) is 0 Å². The van der Waals surface area contributed by atoms with E-state index in [0.717, 1.165) is 19.3 Å². The van der Waals surface area contributed by atoms with Crippen molar-refractivity contribution in [2.24, 2.45) is 22.7 Å². The normalized spacial score (nSPS) is 31.3. The molecule has 0 heterocycles. The van der Waals surface area contributed by atoms with Crippen LogP contribution in [0, 0.1) is 22.7 Å². The number of ketones is 2. The second kappa shape index (κ2) is 9.37. The first-order chi connectivity index (χ1) is 14.4. The van der Waals surface area contributed by atoms with Crippen LogP contribution in [0.2, 0.25) is 18.1 Å². The Hall–Kier alpha value is -0.333. The fraction of sp³-hybridized carbons (Fsp3) is 0.917. The fourth-order valence-electron chi connectivity index (χ4n) is 5.81. The standard InChI is InChI=1S/C24H45O6PSi/c1-22(2,3)32(9,10)30-21-13-14-24(6)18(15-17(25)16-31(27,28-7)29-8)19(26)11-12-20(24)23(21,4)5/h18,20-21H,11-16H2,1-10H3/t18-,20+,21+,24-/m1/s1. The second-order valence-electron chi connectivity index (χ2n) is 12.2.